The minimum absolute atomic E-state index is 0.0186. The molecule has 0 spiro atoms. The molecular weight excluding hydrogens is 272 g/mol. The van der Waals surface area contributed by atoms with Crippen LogP contribution >= 0.6 is 0 Å². The van der Waals surface area contributed by atoms with Crippen LogP contribution < -0.4 is 14.8 Å². The molecule has 0 bridgehead atoms. The van der Waals surface area contributed by atoms with E-state index in [0.29, 0.717) is 5.56 Å². The van der Waals surface area contributed by atoms with E-state index in [9.17, 15) is 13.6 Å². The van der Waals surface area contributed by atoms with E-state index in [0.717, 1.165) is 0 Å². The largest absolute Gasteiger partial charge is 0.586 e. The van der Waals surface area contributed by atoms with E-state index >= 15 is 0 Å². The van der Waals surface area contributed by atoms with Crippen LogP contribution in [0.1, 0.15) is 25.5 Å². The van der Waals surface area contributed by atoms with Crippen molar-refractivity contribution in [3.63, 3.8) is 0 Å². The number of alkyl halides is 2. The van der Waals surface area contributed by atoms with E-state index in [4.69, 9.17) is 4.74 Å². The Labute approximate surface area is 113 Å². The Balaban J connectivity index is 1.94. The highest BCUT2D eigenvalue weighted by Crippen LogP contribution is 2.44. The molecule has 7 heteroatoms. The SMILES string of the molecule is CC1(C)COC(=O)N[C@@H]1c1ccc2c(c1)OC(F)(F)O2. The van der Waals surface area contributed by atoms with Crippen LogP contribution in [0.3, 0.4) is 0 Å². The van der Waals surface area contributed by atoms with Crippen molar-refractivity contribution < 1.29 is 27.8 Å². The van der Waals surface area contributed by atoms with Gasteiger partial charge in [0.05, 0.1) is 6.04 Å². The van der Waals surface area contributed by atoms with E-state index in [1.165, 1.54) is 12.1 Å². The van der Waals surface area contributed by atoms with Crippen LogP contribution in [-0.4, -0.2) is 19.0 Å². The predicted octanol–water partition coefficient (Wildman–Crippen LogP) is 2.82. The summed E-state index contributed by atoms with van der Waals surface area (Å²) in [6, 6.07) is 4.13. The fourth-order valence-electron chi connectivity index (χ4n) is 2.37. The van der Waals surface area contributed by atoms with Gasteiger partial charge in [0, 0.05) is 5.41 Å². The number of ether oxygens (including phenoxy) is 3. The smallest absolute Gasteiger partial charge is 0.449 e. The highest BCUT2D eigenvalue weighted by molar-refractivity contribution is 5.69. The van der Waals surface area contributed by atoms with E-state index in [-0.39, 0.29) is 29.6 Å². The summed E-state index contributed by atoms with van der Waals surface area (Å²) in [4.78, 5) is 11.4. The molecule has 2 aliphatic rings. The second-order valence-electron chi connectivity index (χ2n) is 5.52. The minimum Gasteiger partial charge on any atom is -0.449 e. The van der Waals surface area contributed by atoms with Crippen LogP contribution in [0.5, 0.6) is 11.5 Å². The molecule has 20 heavy (non-hydrogen) atoms. The zero-order chi connectivity index (χ0) is 14.5. The molecule has 2 heterocycles. The first-order valence-corrected chi connectivity index (χ1v) is 6.10. The first-order chi connectivity index (χ1) is 9.27. The van der Waals surface area contributed by atoms with Crippen molar-refractivity contribution in [1.82, 2.24) is 5.32 Å². The van der Waals surface area contributed by atoms with Crippen molar-refractivity contribution in [2.24, 2.45) is 5.41 Å². The third kappa shape index (κ3) is 2.13. The number of halogens is 2. The molecule has 1 atom stereocenters. The molecular formula is C13H13F2NO4. The first kappa shape index (κ1) is 13.0. The van der Waals surface area contributed by atoms with Gasteiger partial charge in [-0.2, -0.15) is 0 Å². The monoisotopic (exact) mass is 285 g/mol. The van der Waals surface area contributed by atoms with Gasteiger partial charge in [-0.3, -0.25) is 0 Å². The lowest BCUT2D eigenvalue weighted by molar-refractivity contribution is -0.286. The van der Waals surface area contributed by atoms with Gasteiger partial charge in [-0.05, 0) is 17.7 Å². The van der Waals surface area contributed by atoms with Gasteiger partial charge < -0.3 is 19.5 Å². The molecule has 5 nitrogen and oxygen atoms in total. The molecule has 1 amide bonds. The van der Waals surface area contributed by atoms with Crippen LogP contribution in [0.15, 0.2) is 18.2 Å². The Bertz CT molecular complexity index is 573. The summed E-state index contributed by atoms with van der Waals surface area (Å²) >= 11 is 0. The lowest BCUT2D eigenvalue weighted by Gasteiger charge is -2.38. The second-order valence-corrected chi connectivity index (χ2v) is 5.52. The van der Waals surface area contributed by atoms with Crippen LogP contribution in [0.4, 0.5) is 13.6 Å². The Morgan fingerprint density at radius 3 is 2.70 bits per heavy atom. The topological polar surface area (TPSA) is 56.8 Å². The first-order valence-electron chi connectivity index (χ1n) is 6.10. The van der Waals surface area contributed by atoms with Gasteiger partial charge in [-0.15, -0.1) is 8.78 Å². The number of fused-ring (bicyclic) bond motifs is 1. The Kier molecular flexibility index (Phi) is 2.57. The Morgan fingerprint density at radius 1 is 1.25 bits per heavy atom. The maximum absolute atomic E-state index is 13.0. The highest BCUT2D eigenvalue weighted by atomic mass is 19.3. The summed E-state index contributed by atoms with van der Waals surface area (Å²) in [7, 11) is 0. The number of hydrogen-bond donors (Lipinski definition) is 1. The summed E-state index contributed by atoms with van der Waals surface area (Å²) in [5.74, 6) is -0.0565. The zero-order valence-corrected chi connectivity index (χ0v) is 10.9. The van der Waals surface area contributed by atoms with Gasteiger partial charge in [0.2, 0.25) is 0 Å². The van der Waals surface area contributed by atoms with E-state index in [1.54, 1.807) is 6.07 Å². The molecule has 1 fully saturated rings. The van der Waals surface area contributed by atoms with Crippen molar-refractivity contribution in [2.75, 3.05) is 6.61 Å². The molecule has 0 aromatic heterocycles. The van der Waals surface area contributed by atoms with Gasteiger partial charge >= 0.3 is 12.4 Å². The summed E-state index contributed by atoms with van der Waals surface area (Å²) in [5, 5.41) is 2.69. The quantitative estimate of drug-likeness (QED) is 0.862. The molecule has 108 valence electrons. The Hall–Kier alpha value is -2.05. The lowest BCUT2D eigenvalue weighted by Crippen LogP contribution is -2.46. The molecule has 1 aromatic carbocycles. The van der Waals surface area contributed by atoms with Gasteiger partial charge in [0.1, 0.15) is 6.61 Å². The number of cyclic esters (lactones) is 1. The van der Waals surface area contributed by atoms with Crippen molar-refractivity contribution >= 4 is 6.09 Å². The predicted molar refractivity (Wildman–Crippen MR) is 63.7 cm³/mol. The summed E-state index contributed by atoms with van der Waals surface area (Å²) in [6.07, 6.45) is -4.17. The van der Waals surface area contributed by atoms with Crippen LogP contribution in [0.25, 0.3) is 0 Å². The second kappa shape index (κ2) is 3.97. The molecule has 2 aliphatic heterocycles. The maximum atomic E-state index is 13.0. The van der Waals surface area contributed by atoms with Gasteiger partial charge in [-0.1, -0.05) is 19.9 Å². The number of rotatable bonds is 1. The van der Waals surface area contributed by atoms with E-state index in [1.807, 2.05) is 13.8 Å². The van der Waals surface area contributed by atoms with Crippen LogP contribution in [0.2, 0.25) is 0 Å². The van der Waals surface area contributed by atoms with Crippen molar-refractivity contribution in [1.29, 1.82) is 0 Å². The number of nitrogens with one attached hydrogen (secondary N) is 1. The summed E-state index contributed by atoms with van der Waals surface area (Å²) in [6.45, 7) is 4.07. The minimum atomic E-state index is -3.64. The number of hydrogen-bond acceptors (Lipinski definition) is 4. The zero-order valence-electron chi connectivity index (χ0n) is 10.9. The summed E-state index contributed by atoms with van der Waals surface area (Å²) < 4.78 is 39.7. The number of carbonyl (C=O) groups excluding carboxylic acids is 1. The molecule has 0 unspecified atom stereocenters. The average Bonchev–Trinajstić information content (AvgIpc) is 2.65. The molecule has 3 rings (SSSR count). The maximum Gasteiger partial charge on any atom is 0.586 e. The van der Waals surface area contributed by atoms with Gasteiger partial charge in [0.25, 0.3) is 0 Å². The number of amides is 1. The lowest BCUT2D eigenvalue weighted by atomic mass is 9.80. The van der Waals surface area contributed by atoms with Crippen molar-refractivity contribution in [3.8, 4) is 11.5 Å². The average molecular weight is 285 g/mol. The third-order valence-corrected chi connectivity index (χ3v) is 3.38. The van der Waals surface area contributed by atoms with Crippen molar-refractivity contribution in [2.45, 2.75) is 26.2 Å². The van der Waals surface area contributed by atoms with Crippen LogP contribution in [-0.2, 0) is 4.74 Å². The Morgan fingerprint density at radius 2 is 1.95 bits per heavy atom. The van der Waals surface area contributed by atoms with E-state index in [2.05, 4.69) is 14.8 Å². The van der Waals surface area contributed by atoms with Gasteiger partial charge in [0.15, 0.2) is 11.5 Å². The number of carbonyl (C=O) groups is 1. The molecule has 1 saturated heterocycles. The normalized spacial score (nSPS) is 25.8. The molecule has 0 aliphatic carbocycles. The van der Waals surface area contributed by atoms with Gasteiger partial charge in [-0.25, -0.2) is 4.79 Å². The third-order valence-electron chi connectivity index (χ3n) is 3.38. The number of alkyl carbamates (subject to hydrolysis) is 1. The fourth-order valence-corrected chi connectivity index (χ4v) is 2.37. The highest BCUT2D eigenvalue weighted by Gasteiger charge is 2.44. The number of benzene rings is 1. The summed E-state index contributed by atoms with van der Waals surface area (Å²) in [5.41, 5.74) is 0.288. The molecule has 0 saturated carbocycles. The van der Waals surface area contributed by atoms with Crippen LogP contribution in [0, 0.1) is 5.41 Å². The van der Waals surface area contributed by atoms with Crippen molar-refractivity contribution in [3.05, 3.63) is 23.8 Å². The standard InChI is InChI=1S/C13H13F2NO4/c1-12(2)6-18-11(17)16-10(12)7-3-4-8-9(5-7)20-13(14,15)19-8/h3-5,10H,6H2,1-2H3,(H,16,17)/t10-/m1/s1. The fraction of sp³-hybridized carbons (Fsp3) is 0.462. The van der Waals surface area contributed by atoms with E-state index < -0.39 is 12.4 Å². The molecule has 1 N–H and O–H groups in total. The molecule has 0 radical (unpaired) electrons. The molecule has 1 aromatic rings.